The van der Waals surface area contributed by atoms with Crippen LogP contribution in [0.4, 0.5) is 0 Å². The Morgan fingerprint density at radius 2 is 1.60 bits per heavy atom. The fourth-order valence-corrected chi connectivity index (χ4v) is 9.42. The highest BCUT2D eigenvalue weighted by Gasteiger charge is 2.56. The number of Topliss-reactive ketones (excluding diaryl/α,β-unsaturated/α-hetero) is 2. The van der Waals surface area contributed by atoms with Gasteiger partial charge in [-0.3, -0.25) is 14.4 Å². The van der Waals surface area contributed by atoms with E-state index in [9.17, 15) is 34.5 Å². The van der Waals surface area contributed by atoms with E-state index in [1.54, 1.807) is 27.0 Å². The van der Waals surface area contributed by atoms with E-state index in [4.69, 9.17) is 23.7 Å². The quantitative estimate of drug-likeness (QED) is 0.185. The predicted molar refractivity (Wildman–Crippen MR) is 213 cm³/mol. The molecule has 0 aromatic carbocycles. The van der Waals surface area contributed by atoms with E-state index in [0.29, 0.717) is 56.9 Å². The summed E-state index contributed by atoms with van der Waals surface area (Å²) >= 11 is 0. The molecular weight excluding hydrogens is 734 g/mol. The van der Waals surface area contributed by atoms with Crippen LogP contribution in [0, 0.1) is 29.6 Å². The first-order chi connectivity index (χ1) is 27.0. The molecule has 322 valence electrons. The van der Waals surface area contributed by atoms with Crippen molar-refractivity contribution in [2.45, 2.75) is 160 Å². The average molecular weight is 804 g/mol. The molecule has 13 nitrogen and oxygen atoms in total. The number of rotatable bonds is 7. The molecule has 0 aromatic heterocycles. The van der Waals surface area contributed by atoms with Crippen LogP contribution in [-0.2, 0) is 42.9 Å². The minimum absolute atomic E-state index is 0.00988. The number of hydrogen-bond donors (Lipinski definition) is 3. The number of fused-ring (bicyclic) bond motifs is 3. The van der Waals surface area contributed by atoms with E-state index in [2.05, 4.69) is 6.58 Å². The first-order valence-corrected chi connectivity index (χ1v) is 20.9. The predicted octanol–water partition coefficient (Wildman–Crippen LogP) is 4.64. The van der Waals surface area contributed by atoms with Crippen LogP contribution >= 0.6 is 0 Å². The number of aliphatic hydroxyl groups excluding tert-OH is 2. The van der Waals surface area contributed by atoms with Crippen LogP contribution in [0.25, 0.3) is 0 Å². The summed E-state index contributed by atoms with van der Waals surface area (Å²) in [6, 6.07) is -1.14. The Hall–Kier alpha value is -2.78. The van der Waals surface area contributed by atoms with Gasteiger partial charge in [-0.15, -0.1) is 6.58 Å². The fourth-order valence-electron chi connectivity index (χ4n) is 9.42. The minimum atomic E-state index is -2.51. The summed E-state index contributed by atoms with van der Waals surface area (Å²) in [7, 11) is 4.61. The van der Waals surface area contributed by atoms with E-state index in [1.807, 2.05) is 32.9 Å². The van der Waals surface area contributed by atoms with Gasteiger partial charge in [0.05, 0.1) is 30.5 Å². The van der Waals surface area contributed by atoms with Crippen LogP contribution in [0.5, 0.6) is 0 Å². The smallest absolute Gasteiger partial charge is 0.329 e. The van der Waals surface area contributed by atoms with Crippen LogP contribution < -0.4 is 0 Å². The maximum Gasteiger partial charge on any atom is 0.329 e. The lowest BCUT2D eigenvalue weighted by Gasteiger charge is -2.47. The van der Waals surface area contributed by atoms with Gasteiger partial charge in [0.15, 0.2) is 0 Å². The van der Waals surface area contributed by atoms with Gasteiger partial charge in [-0.1, -0.05) is 44.6 Å². The summed E-state index contributed by atoms with van der Waals surface area (Å²) in [6.07, 6.45) is 4.93. The molecule has 3 fully saturated rings. The van der Waals surface area contributed by atoms with Crippen molar-refractivity contribution in [1.82, 2.24) is 4.90 Å². The normalized spacial score (nSPS) is 40.1. The summed E-state index contributed by atoms with van der Waals surface area (Å²) in [4.78, 5) is 57.8. The highest BCUT2D eigenvalue weighted by molar-refractivity contribution is 6.39. The van der Waals surface area contributed by atoms with Crippen molar-refractivity contribution in [1.29, 1.82) is 0 Å². The molecule has 4 rings (SSSR count). The van der Waals surface area contributed by atoms with Crippen LogP contribution in [-0.4, -0.2) is 126 Å². The Morgan fingerprint density at radius 3 is 2.25 bits per heavy atom. The zero-order valence-electron chi connectivity index (χ0n) is 35.4. The van der Waals surface area contributed by atoms with E-state index >= 15 is 0 Å². The molecule has 3 heterocycles. The van der Waals surface area contributed by atoms with Crippen LogP contribution in [0.2, 0.25) is 0 Å². The highest BCUT2D eigenvalue weighted by Crippen LogP contribution is 2.39. The topological polar surface area (TPSA) is 178 Å². The fraction of sp³-hybridized carbons (Fsp3) is 0.773. The van der Waals surface area contributed by atoms with Gasteiger partial charge in [-0.25, -0.2) is 4.79 Å². The van der Waals surface area contributed by atoms with E-state index in [0.717, 1.165) is 5.57 Å². The molecule has 3 aliphatic heterocycles. The number of hydrogen-bond acceptors (Lipinski definition) is 12. The lowest BCUT2D eigenvalue weighted by molar-refractivity contribution is -0.302. The number of carbonyl (C=O) groups excluding carboxylic acids is 4. The summed E-state index contributed by atoms with van der Waals surface area (Å²) in [6.45, 7) is 13.1. The summed E-state index contributed by atoms with van der Waals surface area (Å²) in [5, 5.41) is 34.1. The number of methoxy groups -OCH3 is 3. The second kappa shape index (κ2) is 21.0. The van der Waals surface area contributed by atoms with Gasteiger partial charge in [0.1, 0.15) is 24.0 Å². The third kappa shape index (κ3) is 11.3. The van der Waals surface area contributed by atoms with Gasteiger partial charge in [0, 0.05) is 52.0 Å². The number of carbonyl (C=O) groups is 4. The van der Waals surface area contributed by atoms with Gasteiger partial charge in [-0.05, 0) is 95.5 Å². The van der Waals surface area contributed by atoms with Crippen LogP contribution in [0.1, 0.15) is 105 Å². The SMILES string of the molecule is C=CC[C@@H]1C=C(C)C[C@H](C)C[C@H](OC)[C@H]2O[C@@](O)(C(=O)C(=O)N3CCCC[C@H]3C(=O)O[C@H](C(C)=C[C@@H]3CC[C@@H](O)[C@H](OC)C3)[C@H](C)[C@@H](O)CC1=O)[C@H](C)C[C@@H]2OC. The second-order valence-corrected chi connectivity index (χ2v) is 17.3. The van der Waals surface area contributed by atoms with Gasteiger partial charge in [0.25, 0.3) is 11.7 Å². The van der Waals surface area contributed by atoms with Gasteiger partial charge < -0.3 is 43.9 Å². The second-order valence-electron chi connectivity index (χ2n) is 17.3. The maximum atomic E-state index is 14.3. The monoisotopic (exact) mass is 803 g/mol. The van der Waals surface area contributed by atoms with Crippen molar-refractivity contribution in [3.8, 4) is 0 Å². The molecule has 1 aliphatic carbocycles. The lowest BCUT2D eigenvalue weighted by Crippen LogP contribution is -2.64. The maximum absolute atomic E-state index is 14.3. The molecule has 1 saturated carbocycles. The molecule has 3 N–H and O–H groups in total. The summed E-state index contributed by atoms with van der Waals surface area (Å²) in [5.41, 5.74) is 1.61. The molecule has 57 heavy (non-hydrogen) atoms. The van der Waals surface area contributed by atoms with Crippen molar-refractivity contribution < 1.29 is 58.2 Å². The first-order valence-electron chi connectivity index (χ1n) is 20.9. The molecular formula is C44H69NO12. The Bertz CT molecular complexity index is 1480. The van der Waals surface area contributed by atoms with Crippen molar-refractivity contribution in [3.63, 3.8) is 0 Å². The number of esters is 1. The van der Waals surface area contributed by atoms with E-state index < -0.39 is 83.9 Å². The van der Waals surface area contributed by atoms with Gasteiger partial charge in [-0.2, -0.15) is 0 Å². The molecule has 0 unspecified atom stereocenters. The third-order valence-electron chi connectivity index (χ3n) is 12.9. The molecule has 1 amide bonds. The Labute approximate surface area is 339 Å². The summed E-state index contributed by atoms with van der Waals surface area (Å²) < 4.78 is 29.7. The number of aliphatic hydroxyl groups is 3. The molecule has 14 atom stereocenters. The summed E-state index contributed by atoms with van der Waals surface area (Å²) in [5.74, 6) is -7.76. The lowest BCUT2D eigenvalue weighted by atomic mass is 9.81. The van der Waals surface area contributed by atoms with E-state index in [-0.39, 0.29) is 49.5 Å². The van der Waals surface area contributed by atoms with Crippen LogP contribution in [0.3, 0.4) is 0 Å². The third-order valence-corrected chi connectivity index (χ3v) is 12.9. The molecule has 0 spiro atoms. The van der Waals surface area contributed by atoms with E-state index in [1.165, 1.54) is 19.1 Å². The molecule has 0 radical (unpaired) electrons. The molecule has 2 saturated heterocycles. The van der Waals surface area contributed by atoms with Crippen molar-refractivity contribution in [3.05, 3.63) is 36.0 Å². The molecule has 2 bridgehead atoms. The van der Waals surface area contributed by atoms with Gasteiger partial charge in [0.2, 0.25) is 5.79 Å². The molecule has 4 aliphatic rings. The number of ether oxygens (including phenoxy) is 5. The van der Waals surface area contributed by atoms with Crippen LogP contribution in [0.15, 0.2) is 36.0 Å². The largest absolute Gasteiger partial charge is 0.456 e. The Kier molecular flexibility index (Phi) is 17.2. The number of nitrogens with zero attached hydrogens (tertiary/aromatic N) is 1. The molecule has 13 heteroatoms. The zero-order chi connectivity index (χ0) is 42.2. The van der Waals surface area contributed by atoms with Gasteiger partial charge >= 0.3 is 5.97 Å². The highest BCUT2D eigenvalue weighted by atomic mass is 16.7. The average Bonchev–Trinajstić information content (AvgIpc) is 3.18. The minimum Gasteiger partial charge on any atom is -0.456 e. The number of amides is 1. The zero-order valence-corrected chi connectivity index (χ0v) is 35.4. The first kappa shape index (κ1) is 46.9. The van der Waals surface area contributed by atoms with Crippen molar-refractivity contribution >= 4 is 23.4 Å². The number of cyclic esters (lactones) is 1. The number of allylic oxidation sites excluding steroid dienone is 4. The number of piperidine rings is 1. The standard InChI is InChI=1S/C44H69NO12/c1-10-13-31-19-25(2)18-26(3)20-37(54-8)40-38(55-9)22-28(5)44(52,57-40)41(49)42(50)45-17-12-11-14-32(45)43(51)56-39(29(6)34(47)24-35(31)48)27(4)21-30-15-16-33(46)36(23-30)53-7/h10,19,21,26,28-34,36-40,46-47,52H,1,11-18,20,22-24H2,2-9H3/t26-,28+,29+,30-,31+,32-,33+,34-,36+,37-,38-,39+,40+,44+/m0/s1. The Morgan fingerprint density at radius 1 is 0.930 bits per heavy atom. The van der Waals surface area contributed by atoms with Crippen molar-refractivity contribution in [2.24, 2.45) is 29.6 Å². The Balaban J connectivity index is 1.78. The molecule has 0 aromatic rings. The van der Waals surface area contributed by atoms with Crippen molar-refractivity contribution in [2.75, 3.05) is 27.9 Å². The number of ketones is 2.